The third kappa shape index (κ3) is 3.97. The minimum atomic E-state index is -0.0292. The van der Waals surface area contributed by atoms with Crippen LogP contribution in [-0.4, -0.2) is 36.7 Å². The van der Waals surface area contributed by atoms with Crippen molar-refractivity contribution in [3.05, 3.63) is 17.8 Å². The van der Waals surface area contributed by atoms with Gasteiger partial charge in [-0.3, -0.25) is 4.99 Å². The quantitative estimate of drug-likeness (QED) is 0.411. The molecule has 2 aliphatic rings. The number of guanidine groups is 1. The second-order valence-corrected chi connectivity index (χ2v) is 8.48. The van der Waals surface area contributed by atoms with Crippen LogP contribution in [0, 0.1) is 11.3 Å². The van der Waals surface area contributed by atoms with Crippen LogP contribution in [0.4, 0.5) is 0 Å². The van der Waals surface area contributed by atoms with E-state index in [2.05, 4.69) is 55.2 Å². The molecule has 2 fully saturated rings. The van der Waals surface area contributed by atoms with E-state index in [9.17, 15) is 0 Å². The molecule has 0 aromatic carbocycles. The van der Waals surface area contributed by atoms with Crippen LogP contribution in [0.1, 0.15) is 52.7 Å². The molecule has 1 aromatic rings. The summed E-state index contributed by atoms with van der Waals surface area (Å²) in [5.74, 6) is 2.94. The molecule has 1 saturated heterocycles. The maximum atomic E-state index is 5.85. The lowest BCUT2D eigenvalue weighted by molar-refractivity contribution is -0.106. The van der Waals surface area contributed by atoms with Crippen LogP contribution in [0.5, 0.6) is 0 Å². The van der Waals surface area contributed by atoms with Gasteiger partial charge in [0, 0.05) is 36.4 Å². The first-order chi connectivity index (χ1) is 11.2. The van der Waals surface area contributed by atoms with Crippen molar-refractivity contribution < 1.29 is 9.15 Å². The van der Waals surface area contributed by atoms with E-state index in [1.165, 1.54) is 0 Å². The molecule has 0 bridgehead atoms. The Morgan fingerprint density at radius 2 is 2.12 bits per heavy atom. The maximum absolute atomic E-state index is 5.85. The zero-order chi connectivity index (χ0) is 17.5. The third-order valence-corrected chi connectivity index (χ3v) is 5.32. The number of aliphatic imine (C=N–C) groups is 1. The Balaban J connectivity index is 0.00000225. The molecule has 0 amide bonds. The molecule has 3 unspecified atom stereocenters. The van der Waals surface area contributed by atoms with E-state index in [1.54, 1.807) is 7.05 Å². The van der Waals surface area contributed by atoms with Crippen LogP contribution in [0.3, 0.4) is 0 Å². The van der Waals surface area contributed by atoms with Gasteiger partial charge >= 0.3 is 0 Å². The molecular weight excluding hydrogens is 431 g/mol. The number of fused-ring (bicyclic) bond motifs is 1. The Hall–Kier alpha value is -0.830. The minimum absolute atomic E-state index is 0. The van der Waals surface area contributed by atoms with Crippen molar-refractivity contribution in [2.45, 2.75) is 65.1 Å². The summed E-state index contributed by atoms with van der Waals surface area (Å²) in [6.07, 6.45) is 3.30. The van der Waals surface area contributed by atoms with Gasteiger partial charge in [0.1, 0.15) is 5.76 Å². The van der Waals surface area contributed by atoms with E-state index in [1.807, 2.05) is 6.20 Å². The highest BCUT2D eigenvalue weighted by Crippen LogP contribution is 2.52. The van der Waals surface area contributed by atoms with E-state index in [0.717, 1.165) is 24.7 Å². The van der Waals surface area contributed by atoms with Gasteiger partial charge < -0.3 is 19.8 Å². The summed E-state index contributed by atoms with van der Waals surface area (Å²) >= 11 is 0. The predicted molar refractivity (Wildman–Crippen MR) is 109 cm³/mol. The number of nitrogens with zero attached hydrogens (tertiary/aromatic N) is 2. The summed E-state index contributed by atoms with van der Waals surface area (Å²) in [6.45, 7) is 12.3. The number of hydrogen-bond acceptors (Lipinski definition) is 4. The van der Waals surface area contributed by atoms with Crippen molar-refractivity contribution in [3.63, 3.8) is 0 Å². The van der Waals surface area contributed by atoms with Crippen LogP contribution < -0.4 is 10.6 Å². The van der Waals surface area contributed by atoms with Crippen molar-refractivity contribution in [3.8, 4) is 0 Å². The topological polar surface area (TPSA) is 71.7 Å². The first-order valence-electron chi connectivity index (χ1n) is 8.77. The molecule has 2 N–H and O–H groups in total. The van der Waals surface area contributed by atoms with Gasteiger partial charge in [0.2, 0.25) is 5.89 Å². The average Bonchev–Trinajstić information content (AvgIpc) is 3.14. The zero-order valence-corrected chi connectivity index (χ0v) is 18.4. The summed E-state index contributed by atoms with van der Waals surface area (Å²) in [7, 11) is 1.79. The normalized spacial score (nSPS) is 27.9. The van der Waals surface area contributed by atoms with Gasteiger partial charge in [0.25, 0.3) is 0 Å². The van der Waals surface area contributed by atoms with Crippen molar-refractivity contribution >= 4 is 29.9 Å². The first-order valence-corrected chi connectivity index (χ1v) is 8.77. The Kier molecular flexibility index (Phi) is 6.08. The standard InChI is InChI=1S/C18H30N4O2.HI/c1-17(2,3)12-9-20-13(24-12)10-21-16(19-6)22-14-11-7-8-23-15(11)18(14,4)5;/h9,11,14-15H,7-8,10H2,1-6H3,(H2,19,21,22);1H. The molecule has 2 heterocycles. The number of rotatable bonds is 3. The maximum Gasteiger partial charge on any atom is 0.213 e. The second kappa shape index (κ2) is 7.42. The van der Waals surface area contributed by atoms with Gasteiger partial charge in [0.05, 0.1) is 18.8 Å². The molecule has 0 radical (unpaired) electrons. The molecule has 25 heavy (non-hydrogen) atoms. The Labute approximate surface area is 167 Å². The fourth-order valence-corrected chi connectivity index (χ4v) is 3.86. The number of oxazole rings is 1. The molecule has 0 spiro atoms. The lowest BCUT2D eigenvalue weighted by Gasteiger charge is -2.54. The largest absolute Gasteiger partial charge is 0.443 e. The average molecular weight is 462 g/mol. The van der Waals surface area contributed by atoms with Crippen LogP contribution >= 0.6 is 24.0 Å². The van der Waals surface area contributed by atoms with Gasteiger partial charge in [-0.25, -0.2) is 4.98 Å². The van der Waals surface area contributed by atoms with E-state index < -0.39 is 0 Å². The van der Waals surface area contributed by atoms with Crippen LogP contribution in [-0.2, 0) is 16.7 Å². The van der Waals surface area contributed by atoms with E-state index in [-0.39, 0.29) is 34.8 Å². The van der Waals surface area contributed by atoms with Crippen LogP contribution in [0.25, 0.3) is 0 Å². The number of ether oxygens (including phenoxy) is 1. The summed E-state index contributed by atoms with van der Waals surface area (Å²) < 4.78 is 11.7. The fourth-order valence-electron chi connectivity index (χ4n) is 3.86. The SMILES string of the molecule is CN=C(NCc1ncc(C(C)(C)C)o1)NC1C2CCOC2C1(C)C.I. The van der Waals surface area contributed by atoms with Crippen molar-refractivity contribution in [2.24, 2.45) is 16.3 Å². The third-order valence-electron chi connectivity index (χ3n) is 5.32. The molecular formula is C18H31IN4O2. The van der Waals surface area contributed by atoms with Gasteiger partial charge in [-0.1, -0.05) is 34.6 Å². The van der Waals surface area contributed by atoms with Gasteiger partial charge in [-0.05, 0) is 6.42 Å². The van der Waals surface area contributed by atoms with Gasteiger partial charge in [-0.2, -0.15) is 0 Å². The molecule has 7 heteroatoms. The molecule has 3 rings (SSSR count). The van der Waals surface area contributed by atoms with Gasteiger partial charge in [-0.15, -0.1) is 24.0 Å². The molecule has 6 nitrogen and oxygen atoms in total. The van der Waals surface area contributed by atoms with Crippen molar-refractivity contribution in [1.82, 2.24) is 15.6 Å². The number of nitrogens with one attached hydrogen (secondary N) is 2. The van der Waals surface area contributed by atoms with Crippen LogP contribution in [0.15, 0.2) is 15.6 Å². The molecule has 142 valence electrons. The van der Waals surface area contributed by atoms with E-state index in [0.29, 0.717) is 30.5 Å². The summed E-state index contributed by atoms with van der Waals surface area (Å²) in [5.41, 5.74) is 0.0970. The van der Waals surface area contributed by atoms with E-state index in [4.69, 9.17) is 9.15 Å². The first kappa shape index (κ1) is 20.5. The van der Waals surface area contributed by atoms with Crippen LogP contribution in [0.2, 0.25) is 0 Å². The van der Waals surface area contributed by atoms with Crippen molar-refractivity contribution in [1.29, 1.82) is 0 Å². The molecule has 1 aliphatic heterocycles. The summed E-state index contributed by atoms with van der Waals surface area (Å²) in [6, 6.07) is 0.380. The zero-order valence-electron chi connectivity index (χ0n) is 16.0. The minimum Gasteiger partial charge on any atom is -0.443 e. The second-order valence-electron chi connectivity index (χ2n) is 8.48. The number of hydrogen-bond donors (Lipinski definition) is 2. The van der Waals surface area contributed by atoms with Gasteiger partial charge in [0.15, 0.2) is 5.96 Å². The monoisotopic (exact) mass is 462 g/mol. The summed E-state index contributed by atoms with van der Waals surface area (Å²) in [4.78, 5) is 8.70. The Bertz CT molecular complexity index is 621. The summed E-state index contributed by atoms with van der Waals surface area (Å²) in [5, 5.41) is 6.87. The number of halogens is 1. The van der Waals surface area contributed by atoms with E-state index >= 15 is 0 Å². The number of aromatic nitrogens is 1. The molecule has 1 saturated carbocycles. The fraction of sp³-hybridized carbons (Fsp3) is 0.778. The molecule has 1 aliphatic carbocycles. The molecule has 3 atom stereocenters. The smallest absolute Gasteiger partial charge is 0.213 e. The Morgan fingerprint density at radius 3 is 2.72 bits per heavy atom. The molecule has 1 aromatic heterocycles. The lowest BCUT2D eigenvalue weighted by atomic mass is 9.57. The predicted octanol–water partition coefficient (Wildman–Crippen LogP) is 3.07. The Morgan fingerprint density at radius 1 is 1.40 bits per heavy atom. The highest BCUT2D eigenvalue weighted by atomic mass is 127. The lowest BCUT2D eigenvalue weighted by Crippen LogP contribution is -2.67. The highest BCUT2D eigenvalue weighted by Gasteiger charge is 2.59. The van der Waals surface area contributed by atoms with Crippen molar-refractivity contribution in [2.75, 3.05) is 13.7 Å². The highest BCUT2D eigenvalue weighted by molar-refractivity contribution is 14.0.